The van der Waals surface area contributed by atoms with Crippen molar-refractivity contribution in [2.24, 2.45) is 4.99 Å². The van der Waals surface area contributed by atoms with Crippen molar-refractivity contribution in [1.82, 2.24) is 0 Å². The lowest BCUT2D eigenvalue weighted by Crippen LogP contribution is -2.17. The first-order valence-electron chi connectivity index (χ1n) is 12.0. The van der Waals surface area contributed by atoms with Crippen LogP contribution in [0.3, 0.4) is 0 Å². The Bertz CT molecular complexity index is 1580. The van der Waals surface area contributed by atoms with E-state index in [1.165, 1.54) is 5.56 Å². The van der Waals surface area contributed by atoms with Gasteiger partial charge in [0.15, 0.2) is 0 Å². The SMILES string of the molecule is Oc1c(/C(=C2\CCc3ccccc3C2=Nc2ccccc2)c2ccccc2)ccc2ccccc12. The number of phenols is 1. The summed E-state index contributed by atoms with van der Waals surface area (Å²) in [5.74, 6) is 0.312. The molecule has 0 spiro atoms. The van der Waals surface area contributed by atoms with Crippen LogP contribution in [0.15, 0.2) is 132 Å². The Labute approximate surface area is 205 Å². The highest BCUT2D eigenvalue weighted by atomic mass is 16.3. The topological polar surface area (TPSA) is 32.6 Å². The minimum absolute atomic E-state index is 0.312. The molecule has 168 valence electrons. The van der Waals surface area contributed by atoms with E-state index in [9.17, 15) is 5.11 Å². The van der Waals surface area contributed by atoms with Crippen LogP contribution in [0.2, 0.25) is 0 Å². The molecule has 35 heavy (non-hydrogen) atoms. The van der Waals surface area contributed by atoms with Gasteiger partial charge in [-0.15, -0.1) is 0 Å². The van der Waals surface area contributed by atoms with Gasteiger partial charge in [-0.05, 0) is 58.7 Å². The number of nitrogens with zero attached hydrogens (tertiary/aromatic N) is 1. The maximum atomic E-state index is 11.5. The molecule has 1 N–H and O–H groups in total. The molecule has 6 rings (SSSR count). The minimum atomic E-state index is 0.312. The smallest absolute Gasteiger partial charge is 0.131 e. The Kier molecular flexibility index (Phi) is 5.48. The van der Waals surface area contributed by atoms with E-state index in [1.54, 1.807) is 0 Å². The van der Waals surface area contributed by atoms with Crippen LogP contribution in [0.4, 0.5) is 5.69 Å². The van der Waals surface area contributed by atoms with Gasteiger partial charge in [0, 0.05) is 16.5 Å². The Balaban J connectivity index is 1.69. The Morgan fingerprint density at radius 2 is 1.31 bits per heavy atom. The average Bonchev–Trinajstić information content (AvgIpc) is 2.92. The zero-order valence-electron chi connectivity index (χ0n) is 19.4. The second kappa shape index (κ2) is 9.08. The highest BCUT2D eigenvalue weighted by Gasteiger charge is 2.26. The molecule has 2 heteroatoms. The van der Waals surface area contributed by atoms with Crippen molar-refractivity contribution in [2.45, 2.75) is 12.8 Å². The summed E-state index contributed by atoms with van der Waals surface area (Å²) in [6.07, 6.45) is 1.78. The lowest BCUT2D eigenvalue weighted by atomic mass is 9.80. The van der Waals surface area contributed by atoms with Crippen LogP contribution < -0.4 is 0 Å². The zero-order chi connectivity index (χ0) is 23.6. The van der Waals surface area contributed by atoms with E-state index in [1.807, 2.05) is 66.7 Å². The van der Waals surface area contributed by atoms with Gasteiger partial charge in [-0.25, -0.2) is 4.99 Å². The fourth-order valence-corrected chi connectivity index (χ4v) is 5.07. The van der Waals surface area contributed by atoms with Crippen LogP contribution in [0.1, 0.15) is 28.7 Å². The molecule has 1 aliphatic rings. The summed E-state index contributed by atoms with van der Waals surface area (Å²) < 4.78 is 0. The van der Waals surface area contributed by atoms with Crippen molar-refractivity contribution >= 4 is 27.7 Å². The number of hydrogen-bond acceptors (Lipinski definition) is 2. The highest BCUT2D eigenvalue weighted by molar-refractivity contribution is 6.21. The number of aryl methyl sites for hydroxylation is 1. The minimum Gasteiger partial charge on any atom is -0.507 e. The van der Waals surface area contributed by atoms with Gasteiger partial charge in [-0.3, -0.25) is 0 Å². The quantitative estimate of drug-likeness (QED) is 0.295. The van der Waals surface area contributed by atoms with E-state index >= 15 is 0 Å². The number of para-hydroxylation sites is 1. The summed E-state index contributed by atoms with van der Waals surface area (Å²) in [5.41, 5.74) is 8.48. The summed E-state index contributed by atoms with van der Waals surface area (Å²) in [6.45, 7) is 0. The molecular formula is C33H25NO. The monoisotopic (exact) mass is 451 g/mol. The predicted octanol–water partition coefficient (Wildman–Crippen LogP) is 8.11. The molecule has 0 amide bonds. The van der Waals surface area contributed by atoms with Gasteiger partial charge in [-0.2, -0.15) is 0 Å². The van der Waals surface area contributed by atoms with E-state index in [0.717, 1.165) is 62.8 Å². The number of benzene rings is 5. The molecule has 0 radical (unpaired) electrons. The molecule has 0 bridgehead atoms. The number of fused-ring (bicyclic) bond motifs is 2. The first-order valence-corrected chi connectivity index (χ1v) is 12.0. The average molecular weight is 452 g/mol. The highest BCUT2D eigenvalue weighted by Crippen LogP contribution is 2.41. The van der Waals surface area contributed by atoms with Crippen molar-refractivity contribution in [3.63, 3.8) is 0 Å². The van der Waals surface area contributed by atoms with Gasteiger partial charge in [-0.1, -0.05) is 103 Å². The van der Waals surface area contributed by atoms with Gasteiger partial charge in [0.1, 0.15) is 5.75 Å². The van der Waals surface area contributed by atoms with Crippen LogP contribution in [-0.2, 0) is 6.42 Å². The molecule has 0 fully saturated rings. The van der Waals surface area contributed by atoms with E-state index in [2.05, 4.69) is 54.6 Å². The van der Waals surface area contributed by atoms with Crippen LogP contribution in [0.25, 0.3) is 16.3 Å². The van der Waals surface area contributed by atoms with Crippen LogP contribution in [0, 0.1) is 0 Å². The van der Waals surface area contributed by atoms with Gasteiger partial charge in [0.25, 0.3) is 0 Å². The first-order chi connectivity index (χ1) is 17.3. The fraction of sp³-hybridized carbons (Fsp3) is 0.0606. The predicted molar refractivity (Wildman–Crippen MR) is 145 cm³/mol. The third-order valence-corrected chi connectivity index (χ3v) is 6.73. The molecular weight excluding hydrogens is 426 g/mol. The number of aliphatic imine (C=N–C) groups is 1. The molecule has 0 saturated heterocycles. The Hall–Kier alpha value is -4.43. The first kappa shape index (κ1) is 21.1. The van der Waals surface area contributed by atoms with Gasteiger partial charge in [0.2, 0.25) is 0 Å². The lowest BCUT2D eigenvalue weighted by Gasteiger charge is -2.25. The summed E-state index contributed by atoms with van der Waals surface area (Å²) in [4.78, 5) is 5.18. The molecule has 0 unspecified atom stereocenters. The van der Waals surface area contributed by atoms with Crippen LogP contribution in [0.5, 0.6) is 5.75 Å². The fourth-order valence-electron chi connectivity index (χ4n) is 5.07. The summed E-state index contributed by atoms with van der Waals surface area (Å²) in [5, 5.41) is 13.4. The van der Waals surface area contributed by atoms with Crippen molar-refractivity contribution in [3.8, 4) is 5.75 Å². The van der Waals surface area contributed by atoms with Crippen molar-refractivity contribution in [3.05, 3.63) is 149 Å². The number of phenolic OH excluding ortho intramolecular Hbond substituents is 1. The second-order valence-electron chi connectivity index (χ2n) is 8.86. The summed E-state index contributed by atoms with van der Waals surface area (Å²) in [6, 6.07) is 41.2. The maximum absolute atomic E-state index is 11.5. The standard InChI is InChI=1S/C33H25NO/c35-33-28-18-10-8-12-24(28)20-22-30(33)31(25-13-3-1-4-14-25)29-21-19-23-11-7-9-17-27(23)32(29)34-26-15-5-2-6-16-26/h1-18,20,22,35H,19,21H2/b31-29+,34-32?. The molecule has 0 atom stereocenters. The van der Waals surface area contributed by atoms with Crippen molar-refractivity contribution in [2.75, 3.05) is 0 Å². The molecule has 5 aromatic carbocycles. The maximum Gasteiger partial charge on any atom is 0.131 e. The number of allylic oxidation sites excluding steroid dienone is 1. The summed E-state index contributed by atoms with van der Waals surface area (Å²) in [7, 11) is 0. The normalized spacial score (nSPS) is 15.7. The summed E-state index contributed by atoms with van der Waals surface area (Å²) >= 11 is 0. The number of aromatic hydroxyl groups is 1. The van der Waals surface area contributed by atoms with Gasteiger partial charge < -0.3 is 5.11 Å². The number of hydrogen-bond donors (Lipinski definition) is 1. The Morgan fingerprint density at radius 1 is 0.629 bits per heavy atom. The van der Waals surface area contributed by atoms with Crippen molar-refractivity contribution in [1.29, 1.82) is 0 Å². The molecule has 2 nitrogen and oxygen atoms in total. The van der Waals surface area contributed by atoms with E-state index in [0.29, 0.717) is 5.75 Å². The van der Waals surface area contributed by atoms with Crippen LogP contribution in [-0.4, -0.2) is 10.8 Å². The third-order valence-electron chi connectivity index (χ3n) is 6.73. The largest absolute Gasteiger partial charge is 0.507 e. The van der Waals surface area contributed by atoms with E-state index in [4.69, 9.17) is 4.99 Å². The molecule has 0 aromatic heterocycles. The van der Waals surface area contributed by atoms with Crippen LogP contribution >= 0.6 is 0 Å². The van der Waals surface area contributed by atoms with Gasteiger partial charge >= 0.3 is 0 Å². The molecule has 0 aliphatic heterocycles. The van der Waals surface area contributed by atoms with E-state index < -0.39 is 0 Å². The third kappa shape index (κ3) is 3.94. The second-order valence-corrected chi connectivity index (χ2v) is 8.86. The van der Waals surface area contributed by atoms with E-state index in [-0.39, 0.29) is 0 Å². The molecule has 0 heterocycles. The number of rotatable bonds is 3. The zero-order valence-corrected chi connectivity index (χ0v) is 19.4. The molecule has 0 saturated carbocycles. The lowest BCUT2D eigenvalue weighted by molar-refractivity contribution is 0.480. The van der Waals surface area contributed by atoms with Gasteiger partial charge in [0.05, 0.1) is 11.4 Å². The molecule has 5 aromatic rings. The molecule has 1 aliphatic carbocycles. The van der Waals surface area contributed by atoms with Crippen molar-refractivity contribution < 1.29 is 5.11 Å². The Morgan fingerprint density at radius 3 is 2.14 bits per heavy atom.